The Morgan fingerprint density at radius 2 is 1.64 bits per heavy atom. The van der Waals surface area contributed by atoms with Crippen molar-refractivity contribution in [2.45, 2.75) is 39.5 Å². The van der Waals surface area contributed by atoms with E-state index in [1.807, 2.05) is 0 Å². The van der Waals surface area contributed by atoms with Gasteiger partial charge < -0.3 is 4.74 Å². The van der Waals surface area contributed by atoms with E-state index in [1.54, 1.807) is 0 Å². The van der Waals surface area contributed by atoms with Crippen molar-refractivity contribution < 1.29 is 13.8 Å². The minimum Gasteiger partial charge on any atom is -0.377 e. The lowest BCUT2D eigenvalue weighted by atomic mass is 10.4. The fourth-order valence-corrected chi connectivity index (χ4v) is 1.60. The minimum atomic E-state index is -1.49. The van der Waals surface area contributed by atoms with Gasteiger partial charge in [-0.2, -0.15) is 0 Å². The molecule has 0 aromatic carbocycles. The van der Waals surface area contributed by atoms with Crippen molar-refractivity contribution in [1.82, 2.24) is 0 Å². The molecule has 0 saturated heterocycles. The van der Waals surface area contributed by atoms with Gasteiger partial charge in [0.2, 0.25) is 6.16 Å². The molecule has 84 valence electrons. The van der Waals surface area contributed by atoms with Gasteiger partial charge in [-0.15, -0.1) is 4.52 Å². The Balaban J connectivity index is 3.10. The molecule has 3 nitrogen and oxygen atoms in total. The first-order valence-electron chi connectivity index (χ1n) is 5.46. The van der Waals surface area contributed by atoms with E-state index in [4.69, 9.17) is 9.26 Å². The zero-order valence-corrected chi connectivity index (χ0v) is 10.2. The molecule has 0 rings (SSSR count). The molecular formula is C10H22O3P+. The van der Waals surface area contributed by atoms with E-state index >= 15 is 0 Å². The topological polar surface area (TPSA) is 35.5 Å². The standard InChI is InChI=1S/C10H22O3P/c1-3-5-7-12-9-10-14(11)13-8-6-4-2/h3-10H2,1-2H3/q+1. The molecule has 1 unspecified atom stereocenters. The summed E-state index contributed by atoms with van der Waals surface area (Å²) in [5.41, 5.74) is 0. The average molecular weight is 221 g/mol. The van der Waals surface area contributed by atoms with Crippen LogP contribution in [0.4, 0.5) is 0 Å². The molecule has 0 aliphatic rings. The zero-order valence-electron chi connectivity index (χ0n) is 9.33. The van der Waals surface area contributed by atoms with E-state index in [0.717, 1.165) is 32.3 Å². The van der Waals surface area contributed by atoms with Gasteiger partial charge in [-0.3, -0.25) is 0 Å². The van der Waals surface area contributed by atoms with Crippen LogP contribution >= 0.6 is 8.03 Å². The summed E-state index contributed by atoms with van der Waals surface area (Å²) >= 11 is 0. The second-order valence-corrected chi connectivity index (χ2v) is 4.58. The number of unbranched alkanes of at least 4 members (excludes halogenated alkanes) is 2. The summed E-state index contributed by atoms with van der Waals surface area (Å²) in [6.07, 6.45) is 4.81. The van der Waals surface area contributed by atoms with Gasteiger partial charge in [0.1, 0.15) is 6.61 Å². The van der Waals surface area contributed by atoms with E-state index in [1.165, 1.54) is 0 Å². The maximum absolute atomic E-state index is 11.2. The van der Waals surface area contributed by atoms with Crippen LogP contribution in [0.15, 0.2) is 0 Å². The van der Waals surface area contributed by atoms with E-state index < -0.39 is 8.03 Å². The molecule has 0 bridgehead atoms. The highest BCUT2D eigenvalue weighted by Crippen LogP contribution is 2.21. The SMILES string of the molecule is CCCCOCC[P+](=O)OCCCC. The summed E-state index contributed by atoms with van der Waals surface area (Å²) in [6.45, 7) is 6.15. The molecule has 0 heterocycles. The van der Waals surface area contributed by atoms with Gasteiger partial charge in [0, 0.05) is 6.61 Å². The fraction of sp³-hybridized carbons (Fsp3) is 1.00. The van der Waals surface area contributed by atoms with Crippen LogP contribution in [0.1, 0.15) is 39.5 Å². The van der Waals surface area contributed by atoms with E-state index in [-0.39, 0.29) is 0 Å². The maximum Gasteiger partial charge on any atom is 0.510 e. The molecule has 0 fully saturated rings. The summed E-state index contributed by atoms with van der Waals surface area (Å²) in [5.74, 6) is 0. The molecule has 0 radical (unpaired) electrons. The molecule has 0 amide bonds. The van der Waals surface area contributed by atoms with Crippen molar-refractivity contribution in [1.29, 1.82) is 0 Å². The van der Waals surface area contributed by atoms with Gasteiger partial charge in [-0.1, -0.05) is 26.7 Å². The van der Waals surface area contributed by atoms with Crippen LogP contribution in [-0.2, 0) is 13.8 Å². The Morgan fingerprint density at radius 3 is 2.29 bits per heavy atom. The lowest BCUT2D eigenvalue weighted by Gasteiger charge is -1.97. The fourth-order valence-electron chi connectivity index (χ4n) is 0.863. The van der Waals surface area contributed by atoms with Crippen molar-refractivity contribution in [3.05, 3.63) is 0 Å². The highest BCUT2D eigenvalue weighted by atomic mass is 31.1. The van der Waals surface area contributed by atoms with Crippen molar-refractivity contribution in [2.24, 2.45) is 0 Å². The predicted octanol–water partition coefficient (Wildman–Crippen LogP) is 3.36. The first-order valence-corrected chi connectivity index (χ1v) is 6.82. The number of ether oxygens (including phenoxy) is 1. The quantitative estimate of drug-likeness (QED) is 0.419. The van der Waals surface area contributed by atoms with Crippen molar-refractivity contribution in [3.63, 3.8) is 0 Å². The third kappa shape index (κ3) is 10.1. The molecule has 0 spiro atoms. The van der Waals surface area contributed by atoms with Crippen LogP contribution in [0, 0.1) is 0 Å². The molecule has 0 aliphatic carbocycles. The highest BCUT2D eigenvalue weighted by molar-refractivity contribution is 7.39. The normalized spacial score (nSPS) is 11.7. The largest absolute Gasteiger partial charge is 0.510 e. The molecular weight excluding hydrogens is 199 g/mol. The van der Waals surface area contributed by atoms with Gasteiger partial charge in [0.25, 0.3) is 0 Å². The van der Waals surface area contributed by atoms with Gasteiger partial charge in [0.05, 0.1) is 6.61 Å². The zero-order chi connectivity index (χ0) is 10.6. The second kappa shape index (κ2) is 11.1. The van der Waals surface area contributed by atoms with Gasteiger partial charge in [0.15, 0.2) is 0 Å². The van der Waals surface area contributed by atoms with Crippen LogP contribution in [0.3, 0.4) is 0 Å². The Kier molecular flexibility index (Phi) is 11.1. The monoisotopic (exact) mass is 221 g/mol. The molecule has 0 saturated carbocycles. The van der Waals surface area contributed by atoms with Crippen molar-refractivity contribution in [3.8, 4) is 0 Å². The predicted molar refractivity (Wildman–Crippen MR) is 59.1 cm³/mol. The molecule has 0 aliphatic heterocycles. The summed E-state index contributed by atoms with van der Waals surface area (Å²) in [4.78, 5) is 0. The molecule has 0 aromatic rings. The minimum absolute atomic E-state index is 0.531. The average Bonchev–Trinajstić information content (AvgIpc) is 2.18. The van der Waals surface area contributed by atoms with Crippen LogP contribution in [0.5, 0.6) is 0 Å². The number of hydrogen-bond donors (Lipinski definition) is 0. The lowest BCUT2D eigenvalue weighted by molar-refractivity contribution is 0.144. The molecule has 1 atom stereocenters. The van der Waals surface area contributed by atoms with E-state index in [9.17, 15) is 4.57 Å². The first-order chi connectivity index (χ1) is 6.81. The summed E-state index contributed by atoms with van der Waals surface area (Å²) in [6, 6.07) is 0. The summed E-state index contributed by atoms with van der Waals surface area (Å²) in [7, 11) is -1.49. The third-order valence-electron chi connectivity index (χ3n) is 1.79. The van der Waals surface area contributed by atoms with Gasteiger partial charge in [-0.05, 0) is 17.4 Å². The van der Waals surface area contributed by atoms with E-state index in [2.05, 4.69) is 13.8 Å². The van der Waals surface area contributed by atoms with Crippen LogP contribution in [0.2, 0.25) is 0 Å². The highest BCUT2D eigenvalue weighted by Gasteiger charge is 2.15. The van der Waals surface area contributed by atoms with Crippen molar-refractivity contribution >= 4 is 8.03 Å². The lowest BCUT2D eigenvalue weighted by Crippen LogP contribution is -2.00. The Morgan fingerprint density at radius 1 is 1.00 bits per heavy atom. The molecule has 14 heavy (non-hydrogen) atoms. The number of rotatable bonds is 10. The Bertz CT molecular complexity index is 139. The second-order valence-electron chi connectivity index (χ2n) is 3.21. The molecule has 4 heteroatoms. The van der Waals surface area contributed by atoms with Gasteiger partial charge >= 0.3 is 8.03 Å². The molecule has 0 N–H and O–H groups in total. The summed E-state index contributed by atoms with van der Waals surface area (Å²) < 4.78 is 21.6. The number of hydrogen-bond acceptors (Lipinski definition) is 3. The summed E-state index contributed by atoms with van der Waals surface area (Å²) in [5, 5.41) is 0. The Hall–Kier alpha value is 0.0200. The third-order valence-corrected chi connectivity index (χ3v) is 2.81. The van der Waals surface area contributed by atoms with Crippen LogP contribution < -0.4 is 0 Å². The van der Waals surface area contributed by atoms with E-state index in [0.29, 0.717) is 19.4 Å². The molecule has 0 aromatic heterocycles. The Labute approximate surface area is 88.0 Å². The van der Waals surface area contributed by atoms with Crippen molar-refractivity contribution in [2.75, 3.05) is 26.0 Å². The maximum atomic E-state index is 11.2. The van der Waals surface area contributed by atoms with Crippen LogP contribution in [0.25, 0.3) is 0 Å². The smallest absolute Gasteiger partial charge is 0.377 e. The first kappa shape index (κ1) is 14.0. The van der Waals surface area contributed by atoms with Crippen LogP contribution in [-0.4, -0.2) is 26.0 Å². The van der Waals surface area contributed by atoms with Gasteiger partial charge in [-0.25, -0.2) is 0 Å².